The number of nitrogens with one attached hydrogen (secondary N) is 2. The Morgan fingerprint density at radius 3 is 2.29 bits per heavy atom. The van der Waals surface area contributed by atoms with Crippen molar-refractivity contribution in [2.75, 3.05) is 10.0 Å². The maximum atomic E-state index is 12.7. The zero-order valence-electron chi connectivity index (χ0n) is 15.8. The molecule has 28 heavy (non-hydrogen) atoms. The van der Waals surface area contributed by atoms with E-state index in [9.17, 15) is 8.42 Å². The van der Waals surface area contributed by atoms with Crippen LogP contribution in [0.25, 0.3) is 0 Å². The van der Waals surface area contributed by atoms with Gasteiger partial charge in [0.25, 0.3) is 10.0 Å². The van der Waals surface area contributed by atoms with Gasteiger partial charge in [-0.2, -0.15) is 0 Å². The van der Waals surface area contributed by atoms with Crippen LogP contribution in [-0.2, 0) is 22.9 Å². The Balaban J connectivity index is 1.48. The minimum absolute atomic E-state index is 0.301. The number of fused-ring (bicyclic) bond motifs is 1. The van der Waals surface area contributed by atoms with Crippen LogP contribution in [-0.4, -0.2) is 13.4 Å². The van der Waals surface area contributed by atoms with Gasteiger partial charge in [0, 0.05) is 5.69 Å². The number of hydrogen-bond donors (Lipinski definition) is 2. The largest absolute Gasteiger partial charge is 0.340 e. The Hall–Kier alpha value is -2.86. The van der Waals surface area contributed by atoms with Crippen molar-refractivity contribution in [3.63, 3.8) is 0 Å². The molecule has 0 amide bonds. The summed E-state index contributed by atoms with van der Waals surface area (Å²) >= 11 is 0. The van der Waals surface area contributed by atoms with Crippen LogP contribution in [0.3, 0.4) is 0 Å². The minimum atomic E-state index is -3.63. The molecule has 0 aliphatic heterocycles. The van der Waals surface area contributed by atoms with Gasteiger partial charge < -0.3 is 5.32 Å². The lowest BCUT2D eigenvalue weighted by Crippen LogP contribution is -2.14. The van der Waals surface area contributed by atoms with E-state index in [4.69, 9.17) is 0 Å². The van der Waals surface area contributed by atoms with Gasteiger partial charge in [-0.05, 0) is 80.1 Å². The van der Waals surface area contributed by atoms with Gasteiger partial charge in [0.15, 0.2) is 0 Å². The van der Waals surface area contributed by atoms with Gasteiger partial charge in [-0.25, -0.2) is 13.4 Å². The van der Waals surface area contributed by atoms with Crippen LogP contribution in [0.15, 0.2) is 65.7 Å². The fraction of sp³-hybridized carbons (Fsp3) is 0.227. The molecule has 0 saturated heterocycles. The highest BCUT2D eigenvalue weighted by Gasteiger charge is 2.18. The number of aryl methyl sites for hydroxylation is 3. The van der Waals surface area contributed by atoms with E-state index in [1.165, 1.54) is 23.7 Å². The van der Waals surface area contributed by atoms with Crippen LogP contribution >= 0.6 is 0 Å². The van der Waals surface area contributed by atoms with Crippen molar-refractivity contribution in [1.29, 1.82) is 0 Å². The molecule has 0 spiro atoms. The highest BCUT2D eigenvalue weighted by atomic mass is 32.2. The molecule has 0 saturated carbocycles. The quantitative estimate of drug-likeness (QED) is 0.652. The molecule has 1 aromatic heterocycles. The third-order valence-corrected chi connectivity index (χ3v) is 6.35. The van der Waals surface area contributed by atoms with Gasteiger partial charge in [-0.1, -0.05) is 23.8 Å². The first-order valence-electron chi connectivity index (χ1n) is 9.44. The molecule has 5 nitrogen and oxygen atoms in total. The molecule has 2 aromatic carbocycles. The van der Waals surface area contributed by atoms with E-state index < -0.39 is 10.0 Å². The second-order valence-corrected chi connectivity index (χ2v) is 8.85. The van der Waals surface area contributed by atoms with E-state index in [-0.39, 0.29) is 0 Å². The van der Waals surface area contributed by atoms with E-state index >= 15 is 0 Å². The van der Waals surface area contributed by atoms with Crippen LogP contribution in [0, 0.1) is 6.92 Å². The molecule has 3 aromatic rings. The average molecular weight is 394 g/mol. The number of pyridine rings is 1. The monoisotopic (exact) mass is 393 g/mol. The molecular weight excluding hydrogens is 370 g/mol. The predicted octanol–water partition coefficient (Wildman–Crippen LogP) is 4.81. The average Bonchev–Trinajstić information content (AvgIpc) is 2.70. The van der Waals surface area contributed by atoms with E-state index in [1.807, 2.05) is 37.3 Å². The summed E-state index contributed by atoms with van der Waals surface area (Å²) in [6.45, 7) is 2.03. The first-order valence-corrected chi connectivity index (χ1v) is 10.9. The fourth-order valence-corrected chi connectivity index (χ4v) is 4.50. The molecule has 0 radical (unpaired) electrons. The van der Waals surface area contributed by atoms with Crippen molar-refractivity contribution in [2.45, 2.75) is 37.5 Å². The topological polar surface area (TPSA) is 71.1 Å². The third kappa shape index (κ3) is 4.17. The van der Waals surface area contributed by atoms with Crippen LogP contribution in [0.5, 0.6) is 0 Å². The Bertz CT molecular complexity index is 1080. The van der Waals surface area contributed by atoms with E-state index in [2.05, 4.69) is 15.0 Å². The zero-order valence-corrected chi connectivity index (χ0v) is 16.6. The Kier molecular flexibility index (Phi) is 5.05. The third-order valence-electron chi connectivity index (χ3n) is 4.97. The van der Waals surface area contributed by atoms with E-state index in [0.717, 1.165) is 30.5 Å². The first kappa shape index (κ1) is 18.5. The highest BCUT2D eigenvalue weighted by Crippen LogP contribution is 2.25. The zero-order chi connectivity index (χ0) is 19.6. The summed E-state index contributed by atoms with van der Waals surface area (Å²) in [4.78, 5) is 4.61. The Morgan fingerprint density at radius 1 is 0.857 bits per heavy atom. The number of aromatic nitrogens is 1. The van der Waals surface area contributed by atoms with Crippen molar-refractivity contribution < 1.29 is 8.42 Å². The van der Waals surface area contributed by atoms with Gasteiger partial charge >= 0.3 is 0 Å². The molecule has 1 aliphatic rings. The van der Waals surface area contributed by atoms with Crippen molar-refractivity contribution in [3.8, 4) is 0 Å². The number of rotatable bonds is 5. The maximum Gasteiger partial charge on any atom is 0.261 e. The molecule has 2 N–H and O–H groups in total. The van der Waals surface area contributed by atoms with Gasteiger partial charge in [0.2, 0.25) is 0 Å². The lowest BCUT2D eigenvalue weighted by Gasteiger charge is -2.17. The lowest BCUT2D eigenvalue weighted by molar-refractivity contribution is 0.600. The molecular formula is C22H23N3O2S. The summed E-state index contributed by atoms with van der Waals surface area (Å²) < 4.78 is 28.1. The number of sulfonamides is 1. The normalized spacial score (nSPS) is 13.6. The second kappa shape index (κ2) is 7.64. The van der Waals surface area contributed by atoms with Crippen LogP contribution in [0.1, 0.15) is 29.5 Å². The summed E-state index contributed by atoms with van der Waals surface area (Å²) in [6.07, 6.45) is 5.78. The highest BCUT2D eigenvalue weighted by molar-refractivity contribution is 7.92. The first-order chi connectivity index (χ1) is 13.5. The summed E-state index contributed by atoms with van der Waals surface area (Å²) in [5.41, 5.74) is 4.96. The molecule has 0 unspecified atom stereocenters. The molecule has 1 heterocycles. The number of nitrogens with zero attached hydrogens (tertiary/aromatic N) is 1. The number of hydrogen-bond acceptors (Lipinski definition) is 4. The molecule has 1 aliphatic carbocycles. The minimum Gasteiger partial charge on any atom is -0.340 e. The van der Waals surface area contributed by atoms with Crippen molar-refractivity contribution in [1.82, 2.24) is 4.98 Å². The molecule has 4 rings (SSSR count). The van der Waals surface area contributed by atoms with Crippen LogP contribution in [0.4, 0.5) is 17.2 Å². The van der Waals surface area contributed by atoms with Gasteiger partial charge in [0.05, 0.1) is 16.8 Å². The summed E-state index contributed by atoms with van der Waals surface area (Å²) in [6, 6.07) is 16.9. The van der Waals surface area contributed by atoms with Crippen molar-refractivity contribution >= 4 is 27.2 Å². The maximum absolute atomic E-state index is 12.7. The summed E-state index contributed by atoms with van der Waals surface area (Å²) in [5, 5.41) is 3.20. The second-order valence-electron chi connectivity index (χ2n) is 7.17. The smallest absolute Gasteiger partial charge is 0.261 e. The predicted molar refractivity (Wildman–Crippen MR) is 113 cm³/mol. The van der Waals surface area contributed by atoms with Gasteiger partial charge in [0.1, 0.15) is 5.82 Å². The Labute approximate surface area is 165 Å². The van der Waals surface area contributed by atoms with Gasteiger partial charge in [-0.15, -0.1) is 0 Å². The molecule has 0 bridgehead atoms. The molecule has 144 valence electrons. The van der Waals surface area contributed by atoms with Crippen molar-refractivity contribution in [3.05, 3.63) is 77.5 Å². The van der Waals surface area contributed by atoms with E-state index in [0.29, 0.717) is 16.4 Å². The Morgan fingerprint density at radius 2 is 1.57 bits per heavy atom. The fourth-order valence-electron chi connectivity index (χ4n) is 3.40. The van der Waals surface area contributed by atoms with Crippen molar-refractivity contribution in [2.24, 2.45) is 0 Å². The summed E-state index contributed by atoms with van der Waals surface area (Å²) in [5.74, 6) is 0.653. The van der Waals surface area contributed by atoms with Crippen LogP contribution < -0.4 is 10.0 Å². The van der Waals surface area contributed by atoms with Crippen LogP contribution in [0.2, 0.25) is 0 Å². The molecule has 0 atom stereocenters. The van der Waals surface area contributed by atoms with E-state index in [1.54, 1.807) is 24.3 Å². The SMILES string of the molecule is Cc1ccc(Nc2ccc(NS(=O)(=O)c3ccc4c(c3)CCCC4)cn2)cc1. The van der Waals surface area contributed by atoms with Gasteiger partial charge in [-0.3, -0.25) is 4.72 Å². The lowest BCUT2D eigenvalue weighted by atomic mass is 9.92. The molecule has 0 fully saturated rings. The standard InChI is InChI=1S/C22H23N3O2S/c1-16-6-9-19(10-7-16)24-22-13-11-20(15-23-22)25-28(26,27)21-12-8-17-4-2-3-5-18(17)14-21/h6-15,25H,2-5H2,1H3,(H,23,24). The summed E-state index contributed by atoms with van der Waals surface area (Å²) in [7, 11) is -3.63. The number of anilines is 3. The number of benzene rings is 2. The molecule has 6 heteroatoms.